The van der Waals surface area contributed by atoms with E-state index >= 15 is 0 Å². The Hall–Kier alpha value is -0.390. The lowest BCUT2D eigenvalue weighted by molar-refractivity contribution is 0.140. The van der Waals surface area contributed by atoms with Crippen LogP contribution in [0.1, 0.15) is 24.7 Å². The van der Waals surface area contributed by atoms with E-state index in [0.29, 0.717) is 0 Å². The highest BCUT2D eigenvalue weighted by molar-refractivity contribution is 9.10. The SMILES string of the molecule is CCc1nn(C)c(CN2CCCOCC2)c1Br. The molecular formula is C12H20BrN3O. The molecular weight excluding hydrogens is 282 g/mol. The van der Waals surface area contributed by atoms with E-state index in [0.717, 1.165) is 51.4 Å². The highest BCUT2D eigenvalue weighted by atomic mass is 79.9. The van der Waals surface area contributed by atoms with E-state index in [1.807, 2.05) is 11.7 Å². The van der Waals surface area contributed by atoms with Gasteiger partial charge in [-0.15, -0.1) is 0 Å². The predicted octanol–water partition coefficient (Wildman–Crippen LogP) is 1.97. The van der Waals surface area contributed by atoms with Crippen LogP contribution in [-0.4, -0.2) is 41.0 Å². The standard InChI is InChI=1S/C12H20BrN3O/c1-3-10-12(13)11(15(2)14-10)9-16-5-4-7-17-8-6-16/h3-9H2,1-2H3. The Bertz CT molecular complexity index is 370. The summed E-state index contributed by atoms with van der Waals surface area (Å²) in [4.78, 5) is 2.44. The van der Waals surface area contributed by atoms with Gasteiger partial charge in [0.05, 0.1) is 22.5 Å². The summed E-state index contributed by atoms with van der Waals surface area (Å²) in [5, 5.41) is 4.53. The highest BCUT2D eigenvalue weighted by Crippen LogP contribution is 2.23. The molecule has 96 valence electrons. The largest absolute Gasteiger partial charge is 0.380 e. The van der Waals surface area contributed by atoms with Crippen molar-refractivity contribution < 1.29 is 4.74 Å². The molecule has 0 unspecified atom stereocenters. The molecule has 0 aromatic carbocycles. The van der Waals surface area contributed by atoms with Crippen LogP contribution in [0.4, 0.5) is 0 Å². The quantitative estimate of drug-likeness (QED) is 0.855. The molecule has 2 heterocycles. The smallest absolute Gasteiger partial charge is 0.0767 e. The zero-order valence-electron chi connectivity index (χ0n) is 10.6. The van der Waals surface area contributed by atoms with Gasteiger partial charge in [0.25, 0.3) is 0 Å². The first kappa shape index (κ1) is 13.1. The Morgan fingerprint density at radius 3 is 2.88 bits per heavy atom. The molecule has 0 amide bonds. The Kier molecular flexibility index (Phi) is 4.59. The molecule has 1 aliphatic heterocycles. The summed E-state index contributed by atoms with van der Waals surface area (Å²) in [6, 6.07) is 0. The monoisotopic (exact) mass is 301 g/mol. The van der Waals surface area contributed by atoms with Crippen molar-refractivity contribution in [3.63, 3.8) is 0 Å². The van der Waals surface area contributed by atoms with Gasteiger partial charge in [0.1, 0.15) is 0 Å². The molecule has 0 aliphatic carbocycles. The average Bonchev–Trinajstić information content (AvgIpc) is 2.53. The second-order valence-electron chi connectivity index (χ2n) is 4.43. The van der Waals surface area contributed by atoms with Crippen molar-refractivity contribution >= 4 is 15.9 Å². The zero-order chi connectivity index (χ0) is 12.3. The van der Waals surface area contributed by atoms with Gasteiger partial charge in [-0.05, 0) is 28.8 Å². The van der Waals surface area contributed by atoms with Crippen LogP contribution >= 0.6 is 15.9 Å². The third-order valence-electron chi connectivity index (χ3n) is 3.19. The number of hydrogen-bond donors (Lipinski definition) is 0. The lowest BCUT2D eigenvalue weighted by Gasteiger charge is -2.19. The van der Waals surface area contributed by atoms with Crippen molar-refractivity contribution in [1.82, 2.24) is 14.7 Å². The maximum atomic E-state index is 5.47. The zero-order valence-corrected chi connectivity index (χ0v) is 12.2. The fourth-order valence-electron chi connectivity index (χ4n) is 2.16. The van der Waals surface area contributed by atoms with E-state index in [2.05, 4.69) is 32.9 Å². The van der Waals surface area contributed by atoms with Gasteiger partial charge >= 0.3 is 0 Å². The highest BCUT2D eigenvalue weighted by Gasteiger charge is 2.16. The molecule has 1 fully saturated rings. The van der Waals surface area contributed by atoms with Crippen molar-refractivity contribution in [2.24, 2.45) is 7.05 Å². The maximum absolute atomic E-state index is 5.47. The molecule has 1 saturated heterocycles. The second-order valence-corrected chi connectivity index (χ2v) is 5.22. The molecule has 0 saturated carbocycles. The van der Waals surface area contributed by atoms with Crippen molar-refractivity contribution in [1.29, 1.82) is 0 Å². The van der Waals surface area contributed by atoms with Gasteiger partial charge in [-0.25, -0.2) is 0 Å². The fraction of sp³-hybridized carbons (Fsp3) is 0.750. The first-order valence-corrected chi connectivity index (χ1v) is 7.02. The molecule has 5 heteroatoms. The van der Waals surface area contributed by atoms with E-state index in [1.165, 1.54) is 10.2 Å². The van der Waals surface area contributed by atoms with Crippen molar-refractivity contribution in [3.05, 3.63) is 15.9 Å². The first-order valence-electron chi connectivity index (χ1n) is 6.22. The van der Waals surface area contributed by atoms with Crippen LogP contribution < -0.4 is 0 Å². The number of hydrogen-bond acceptors (Lipinski definition) is 3. The molecule has 1 aromatic rings. The molecule has 0 atom stereocenters. The Labute approximate surface area is 111 Å². The van der Waals surface area contributed by atoms with Crippen LogP contribution in [0, 0.1) is 0 Å². The average molecular weight is 302 g/mol. The molecule has 0 bridgehead atoms. The van der Waals surface area contributed by atoms with E-state index in [9.17, 15) is 0 Å². The Morgan fingerprint density at radius 2 is 2.18 bits per heavy atom. The van der Waals surface area contributed by atoms with Crippen molar-refractivity contribution in [2.75, 3.05) is 26.3 Å². The number of nitrogens with zero attached hydrogens (tertiary/aromatic N) is 3. The number of ether oxygens (including phenoxy) is 1. The van der Waals surface area contributed by atoms with Crippen LogP contribution in [0.2, 0.25) is 0 Å². The van der Waals surface area contributed by atoms with Crippen molar-refractivity contribution in [3.8, 4) is 0 Å². The molecule has 2 rings (SSSR count). The normalized spacial score (nSPS) is 18.3. The van der Waals surface area contributed by atoms with Gasteiger partial charge in [0.2, 0.25) is 0 Å². The van der Waals surface area contributed by atoms with Crippen molar-refractivity contribution in [2.45, 2.75) is 26.3 Å². The summed E-state index contributed by atoms with van der Waals surface area (Å²) in [5.74, 6) is 0. The first-order chi connectivity index (χ1) is 8.22. The van der Waals surface area contributed by atoms with Gasteiger partial charge in [-0.3, -0.25) is 9.58 Å². The van der Waals surface area contributed by atoms with Crippen LogP contribution in [0.15, 0.2) is 4.47 Å². The summed E-state index contributed by atoms with van der Waals surface area (Å²) in [6.45, 7) is 6.95. The molecule has 4 nitrogen and oxygen atoms in total. The minimum atomic E-state index is 0.843. The lowest BCUT2D eigenvalue weighted by atomic mass is 10.3. The number of aromatic nitrogens is 2. The van der Waals surface area contributed by atoms with E-state index < -0.39 is 0 Å². The summed E-state index contributed by atoms with van der Waals surface area (Å²) in [7, 11) is 2.02. The topological polar surface area (TPSA) is 30.3 Å². The Morgan fingerprint density at radius 1 is 1.35 bits per heavy atom. The molecule has 0 N–H and O–H groups in total. The third-order valence-corrected chi connectivity index (χ3v) is 4.11. The molecule has 1 aromatic heterocycles. The van der Waals surface area contributed by atoms with E-state index in [-0.39, 0.29) is 0 Å². The summed E-state index contributed by atoms with van der Waals surface area (Å²) >= 11 is 3.67. The third kappa shape index (κ3) is 3.09. The van der Waals surface area contributed by atoms with E-state index in [1.54, 1.807) is 0 Å². The fourth-order valence-corrected chi connectivity index (χ4v) is 2.90. The molecule has 0 spiro atoms. The van der Waals surface area contributed by atoms with Gasteiger partial charge in [0, 0.05) is 33.3 Å². The molecule has 1 aliphatic rings. The van der Waals surface area contributed by atoms with Gasteiger partial charge in [-0.2, -0.15) is 5.10 Å². The van der Waals surface area contributed by atoms with Gasteiger partial charge in [0.15, 0.2) is 0 Å². The van der Waals surface area contributed by atoms with Crippen LogP contribution in [0.25, 0.3) is 0 Å². The summed E-state index contributed by atoms with van der Waals surface area (Å²) in [6.07, 6.45) is 2.09. The molecule has 0 radical (unpaired) electrons. The summed E-state index contributed by atoms with van der Waals surface area (Å²) in [5.41, 5.74) is 2.41. The van der Waals surface area contributed by atoms with Crippen LogP contribution in [-0.2, 0) is 24.8 Å². The van der Waals surface area contributed by atoms with Gasteiger partial charge in [-0.1, -0.05) is 6.92 Å². The predicted molar refractivity (Wildman–Crippen MR) is 71.0 cm³/mol. The number of rotatable bonds is 3. The summed E-state index contributed by atoms with van der Waals surface area (Å²) < 4.78 is 8.64. The van der Waals surface area contributed by atoms with E-state index in [4.69, 9.17) is 4.74 Å². The number of halogens is 1. The number of aryl methyl sites for hydroxylation is 2. The van der Waals surface area contributed by atoms with Gasteiger partial charge < -0.3 is 4.74 Å². The minimum absolute atomic E-state index is 0.843. The Balaban J connectivity index is 2.09. The lowest BCUT2D eigenvalue weighted by Crippen LogP contribution is -2.27. The second kappa shape index (κ2) is 5.98. The van der Waals surface area contributed by atoms with Crippen LogP contribution in [0.3, 0.4) is 0 Å². The molecule has 17 heavy (non-hydrogen) atoms. The maximum Gasteiger partial charge on any atom is 0.0767 e. The van der Waals surface area contributed by atoms with Crippen LogP contribution in [0.5, 0.6) is 0 Å². The minimum Gasteiger partial charge on any atom is -0.380 e.